The van der Waals surface area contributed by atoms with Gasteiger partial charge in [-0.2, -0.15) is 0 Å². The Morgan fingerprint density at radius 1 is 0.917 bits per heavy atom. The molecule has 1 amide bonds. The number of benzene rings is 1. The van der Waals surface area contributed by atoms with Gasteiger partial charge in [0.1, 0.15) is 0 Å². The van der Waals surface area contributed by atoms with Gasteiger partial charge in [0.15, 0.2) is 0 Å². The molecule has 0 unspecified atom stereocenters. The Kier molecular flexibility index (Phi) is 4.86. The monoisotopic (exact) mass is 328 g/mol. The van der Waals surface area contributed by atoms with Crippen LogP contribution < -0.4 is 5.32 Å². The largest absolute Gasteiger partial charge is 0.381 e. The summed E-state index contributed by atoms with van der Waals surface area (Å²) in [5.41, 5.74) is 2.24. The summed E-state index contributed by atoms with van der Waals surface area (Å²) in [6.45, 7) is 3.78. The van der Waals surface area contributed by atoms with Gasteiger partial charge in [-0.1, -0.05) is 12.1 Å². The highest BCUT2D eigenvalue weighted by Gasteiger charge is 2.38. The second-order valence-corrected chi connectivity index (χ2v) is 7.43. The zero-order valence-corrected chi connectivity index (χ0v) is 14.4. The summed E-state index contributed by atoms with van der Waals surface area (Å²) in [6.07, 6.45) is 6.68. The van der Waals surface area contributed by atoms with E-state index >= 15 is 0 Å². The molecule has 4 rings (SSSR count). The Hall–Kier alpha value is -1.39. The Balaban J connectivity index is 1.47. The third-order valence-corrected chi connectivity index (χ3v) is 5.73. The standard InChI is InChI=1S/C20H28N2O2/c23-20(22(18-5-6-18)19-9-13-24-14-10-19)17-3-1-15(2-4-17)16-7-11-21-12-8-16/h1-4,16,18-19,21H,5-14H2. The number of piperidine rings is 1. The van der Waals surface area contributed by atoms with Crippen molar-refractivity contribution in [3.63, 3.8) is 0 Å². The molecule has 0 bridgehead atoms. The number of hydrogen-bond donors (Lipinski definition) is 1. The fraction of sp³-hybridized carbons (Fsp3) is 0.650. The summed E-state index contributed by atoms with van der Waals surface area (Å²) in [4.78, 5) is 15.3. The lowest BCUT2D eigenvalue weighted by Gasteiger charge is -2.34. The Bertz CT molecular complexity index is 556. The molecule has 4 heteroatoms. The number of amides is 1. The van der Waals surface area contributed by atoms with Gasteiger partial charge in [0.2, 0.25) is 0 Å². The van der Waals surface area contributed by atoms with Gasteiger partial charge in [-0.05, 0) is 75.2 Å². The van der Waals surface area contributed by atoms with E-state index in [1.807, 2.05) is 0 Å². The van der Waals surface area contributed by atoms with Crippen molar-refractivity contribution >= 4 is 5.91 Å². The van der Waals surface area contributed by atoms with Crippen molar-refractivity contribution < 1.29 is 9.53 Å². The second-order valence-electron chi connectivity index (χ2n) is 7.43. The summed E-state index contributed by atoms with van der Waals surface area (Å²) in [7, 11) is 0. The number of rotatable bonds is 4. The average molecular weight is 328 g/mol. The van der Waals surface area contributed by atoms with Crippen LogP contribution in [0.25, 0.3) is 0 Å². The third kappa shape index (κ3) is 3.50. The predicted molar refractivity (Wildman–Crippen MR) is 94.3 cm³/mol. The third-order valence-electron chi connectivity index (χ3n) is 5.73. The first-order valence-corrected chi connectivity index (χ1v) is 9.54. The normalized spacial score (nSPS) is 23.2. The van der Waals surface area contributed by atoms with Crippen LogP contribution in [0.1, 0.15) is 60.4 Å². The lowest BCUT2D eigenvalue weighted by molar-refractivity contribution is 0.0267. The first-order chi connectivity index (χ1) is 11.8. The Labute approximate surface area is 144 Å². The van der Waals surface area contributed by atoms with Crippen LogP contribution in [0.5, 0.6) is 0 Å². The number of hydrogen-bond acceptors (Lipinski definition) is 3. The second kappa shape index (κ2) is 7.24. The molecule has 3 fully saturated rings. The van der Waals surface area contributed by atoms with Crippen LogP contribution in [0.2, 0.25) is 0 Å². The minimum atomic E-state index is 0.223. The predicted octanol–water partition coefficient (Wildman–Crippen LogP) is 2.94. The molecule has 0 atom stereocenters. The average Bonchev–Trinajstić information content (AvgIpc) is 3.49. The first kappa shape index (κ1) is 16.1. The highest BCUT2D eigenvalue weighted by molar-refractivity contribution is 5.95. The minimum Gasteiger partial charge on any atom is -0.381 e. The van der Waals surface area contributed by atoms with Crippen molar-refractivity contribution in [2.45, 2.75) is 56.5 Å². The van der Waals surface area contributed by atoms with Crippen molar-refractivity contribution in [3.05, 3.63) is 35.4 Å². The quantitative estimate of drug-likeness (QED) is 0.924. The number of nitrogens with one attached hydrogen (secondary N) is 1. The van der Waals surface area contributed by atoms with E-state index in [9.17, 15) is 4.79 Å². The molecule has 2 saturated heterocycles. The number of ether oxygens (including phenoxy) is 1. The summed E-state index contributed by atoms with van der Waals surface area (Å²) in [6, 6.07) is 9.28. The summed E-state index contributed by atoms with van der Waals surface area (Å²) in [5, 5.41) is 3.41. The lowest BCUT2D eigenvalue weighted by atomic mass is 9.89. The van der Waals surface area contributed by atoms with Gasteiger partial charge in [0, 0.05) is 30.9 Å². The molecule has 24 heavy (non-hydrogen) atoms. The van der Waals surface area contributed by atoms with Gasteiger partial charge in [-0.25, -0.2) is 0 Å². The van der Waals surface area contributed by atoms with Gasteiger partial charge in [0.25, 0.3) is 5.91 Å². The highest BCUT2D eigenvalue weighted by Crippen LogP contribution is 2.33. The van der Waals surface area contributed by atoms with Crippen LogP contribution in [-0.2, 0) is 4.74 Å². The van der Waals surface area contributed by atoms with E-state index in [0.29, 0.717) is 18.0 Å². The molecular weight excluding hydrogens is 300 g/mol. The van der Waals surface area contributed by atoms with Crippen LogP contribution in [-0.4, -0.2) is 49.2 Å². The molecule has 0 aromatic heterocycles. The Morgan fingerprint density at radius 2 is 1.54 bits per heavy atom. The smallest absolute Gasteiger partial charge is 0.254 e. The van der Waals surface area contributed by atoms with Crippen molar-refractivity contribution in [2.24, 2.45) is 0 Å². The summed E-state index contributed by atoms with van der Waals surface area (Å²) < 4.78 is 5.48. The summed E-state index contributed by atoms with van der Waals surface area (Å²) in [5.74, 6) is 0.867. The van der Waals surface area contributed by atoms with E-state index < -0.39 is 0 Å². The van der Waals surface area contributed by atoms with Crippen LogP contribution >= 0.6 is 0 Å². The number of carbonyl (C=O) groups is 1. The molecule has 1 N–H and O–H groups in total. The molecule has 130 valence electrons. The maximum absolute atomic E-state index is 13.1. The van der Waals surface area contributed by atoms with Crippen molar-refractivity contribution in [1.29, 1.82) is 0 Å². The lowest BCUT2D eigenvalue weighted by Crippen LogP contribution is -2.44. The van der Waals surface area contributed by atoms with E-state index in [1.54, 1.807) is 0 Å². The summed E-state index contributed by atoms with van der Waals surface area (Å²) >= 11 is 0. The zero-order valence-electron chi connectivity index (χ0n) is 14.4. The molecule has 0 radical (unpaired) electrons. The van der Waals surface area contributed by atoms with E-state index in [1.165, 1.54) is 18.4 Å². The molecule has 3 aliphatic rings. The molecule has 4 nitrogen and oxygen atoms in total. The fourth-order valence-electron chi connectivity index (χ4n) is 4.15. The first-order valence-electron chi connectivity index (χ1n) is 9.54. The van der Waals surface area contributed by atoms with E-state index in [-0.39, 0.29) is 5.91 Å². The maximum Gasteiger partial charge on any atom is 0.254 e. The van der Waals surface area contributed by atoms with E-state index in [2.05, 4.69) is 34.5 Å². The van der Waals surface area contributed by atoms with E-state index in [4.69, 9.17) is 4.74 Å². The minimum absolute atomic E-state index is 0.223. The molecule has 0 spiro atoms. The van der Waals surface area contributed by atoms with E-state index in [0.717, 1.165) is 57.6 Å². The zero-order chi connectivity index (χ0) is 16.4. The van der Waals surface area contributed by atoms with Crippen LogP contribution in [0, 0.1) is 0 Å². The maximum atomic E-state index is 13.1. The van der Waals surface area contributed by atoms with Gasteiger partial charge in [0.05, 0.1) is 0 Å². The highest BCUT2D eigenvalue weighted by atomic mass is 16.5. The molecular formula is C20H28N2O2. The molecule has 1 aromatic carbocycles. The number of nitrogens with zero attached hydrogens (tertiary/aromatic N) is 1. The van der Waals surface area contributed by atoms with Crippen molar-refractivity contribution in [3.8, 4) is 0 Å². The van der Waals surface area contributed by atoms with Crippen LogP contribution in [0.3, 0.4) is 0 Å². The molecule has 1 aliphatic carbocycles. The molecule has 2 heterocycles. The van der Waals surface area contributed by atoms with Gasteiger partial charge < -0.3 is 15.0 Å². The fourth-order valence-corrected chi connectivity index (χ4v) is 4.15. The number of carbonyl (C=O) groups excluding carboxylic acids is 1. The van der Waals surface area contributed by atoms with Crippen LogP contribution in [0.15, 0.2) is 24.3 Å². The molecule has 1 saturated carbocycles. The van der Waals surface area contributed by atoms with Crippen molar-refractivity contribution in [1.82, 2.24) is 10.2 Å². The topological polar surface area (TPSA) is 41.6 Å². The van der Waals surface area contributed by atoms with Gasteiger partial charge >= 0.3 is 0 Å². The van der Waals surface area contributed by atoms with Gasteiger partial charge in [-0.3, -0.25) is 4.79 Å². The van der Waals surface area contributed by atoms with Crippen molar-refractivity contribution in [2.75, 3.05) is 26.3 Å². The van der Waals surface area contributed by atoms with Gasteiger partial charge in [-0.15, -0.1) is 0 Å². The molecule has 1 aromatic rings. The Morgan fingerprint density at radius 3 is 2.17 bits per heavy atom. The molecule has 2 aliphatic heterocycles. The SMILES string of the molecule is O=C(c1ccc(C2CCNCC2)cc1)N(C1CCOCC1)C1CC1. The van der Waals surface area contributed by atoms with Crippen LogP contribution in [0.4, 0.5) is 0 Å².